The second-order valence-electron chi connectivity index (χ2n) is 23.6. The summed E-state index contributed by atoms with van der Waals surface area (Å²) in [5, 5.41) is 80.8. The average Bonchev–Trinajstić information content (AvgIpc) is 1.61. The van der Waals surface area contributed by atoms with Crippen molar-refractivity contribution in [2.75, 3.05) is 45.9 Å². The van der Waals surface area contributed by atoms with Crippen molar-refractivity contribution in [3.8, 4) is 11.5 Å². The Kier molecular flexibility index (Phi) is 35.0. The minimum Gasteiger partial charge on any atom is -0.508 e. The number of phenols is 2. The first-order valence-corrected chi connectivity index (χ1v) is 32.5. The Hall–Kier alpha value is -11.4. The summed E-state index contributed by atoms with van der Waals surface area (Å²) in [5.74, 6) is -15.5. The molecule has 0 aromatic heterocycles. The van der Waals surface area contributed by atoms with Gasteiger partial charge < -0.3 is 118 Å². The molecule has 2 aliphatic heterocycles. The van der Waals surface area contributed by atoms with Crippen LogP contribution in [0.15, 0.2) is 58.5 Å². The number of unbranched alkanes of at least 4 members (excludes halogenated alkanes) is 2. The van der Waals surface area contributed by atoms with Gasteiger partial charge in [0.25, 0.3) is 0 Å². The number of carboxylic acid groups (broad SMARTS) is 2. The van der Waals surface area contributed by atoms with Gasteiger partial charge in [-0.1, -0.05) is 24.3 Å². The Morgan fingerprint density at radius 2 is 0.802 bits per heavy atom. The normalized spacial score (nSPS) is 20.8. The van der Waals surface area contributed by atoms with E-state index < -0.39 is 182 Å². The van der Waals surface area contributed by atoms with Crippen molar-refractivity contribution < 1.29 is 97.5 Å². The summed E-state index contributed by atoms with van der Waals surface area (Å²) in [6.07, 6.45) is -3.30. The van der Waals surface area contributed by atoms with Crippen molar-refractivity contribution in [1.29, 1.82) is 0 Å². The van der Waals surface area contributed by atoms with E-state index in [9.17, 15) is 97.5 Å². The Morgan fingerprint density at radius 1 is 0.446 bits per heavy atom. The van der Waals surface area contributed by atoms with Crippen LogP contribution in [0, 0.1) is 0 Å². The number of aromatic hydroxyl groups is 2. The number of amides is 13. The maximum absolute atomic E-state index is 14.3. The fourth-order valence-electron chi connectivity index (χ4n) is 10.2. The van der Waals surface area contributed by atoms with Gasteiger partial charge in [-0.3, -0.25) is 81.9 Å². The molecule has 2 aliphatic rings. The van der Waals surface area contributed by atoms with Gasteiger partial charge in [0.05, 0.1) is 32.5 Å². The fraction of sp³-hybridized carbons (Fsp3) is 0.532. The van der Waals surface area contributed by atoms with E-state index in [1.807, 2.05) is 0 Å². The Morgan fingerprint density at radius 3 is 1.19 bits per heavy atom. The van der Waals surface area contributed by atoms with Gasteiger partial charge in [0.1, 0.15) is 65.9 Å². The highest BCUT2D eigenvalue weighted by Gasteiger charge is 2.36. The number of carboxylic acids is 2. The zero-order valence-electron chi connectivity index (χ0n) is 55.3. The second kappa shape index (κ2) is 43.1. The Labute approximate surface area is 578 Å². The van der Waals surface area contributed by atoms with Crippen molar-refractivity contribution in [2.45, 2.75) is 164 Å². The van der Waals surface area contributed by atoms with Crippen LogP contribution in [0.25, 0.3) is 0 Å². The summed E-state index contributed by atoms with van der Waals surface area (Å²) in [5.41, 5.74) is 22.6. The van der Waals surface area contributed by atoms with Crippen LogP contribution < -0.4 is 92.1 Å². The van der Waals surface area contributed by atoms with Gasteiger partial charge in [-0.2, -0.15) is 0 Å². The number of aliphatic hydroxyl groups is 1. The number of aliphatic carboxylic acids is 2. The minimum atomic E-state index is -1.75. The summed E-state index contributed by atoms with van der Waals surface area (Å²) >= 11 is 0. The Bertz CT molecular complexity index is 3290. The van der Waals surface area contributed by atoms with Gasteiger partial charge >= 0.3 is 11.9 Å². The van der Waals surface area contributed by atoms with Gasteiger partial charge in [0.15, 0.2) is 11.9 Å². The number of aliphatic hydroxyl groups excluding tert-OH is 1. The molecule has 2 aromatic carbocycles. The van der Waals surface area contributed by atoms with Crippen LogP contribution in [-0.2, 0) is 84.8 Å². The van der Waals surface area contributed by atoms with Crippen LogP contribution in [0.2, 0.25) is 0 Å². The van der Waals surface area contributed by atoms with Crippen LogP contribution in [0.3, 0.4) is 0 Å². The van der Waals surface area contributed by atoms with Crippen LogP contribution in [0.1, 0.15) is 107 Å². The molecule has 0 aliphatic carbocycles. The molecule has 554 valence electrons. The van der Waals surface area contributed by atoms with Gasteiger partial charge in [-0.05, 0) is 106 Å². The second-order valence-corrected chi connectivity index (χ2v) is 23.6. The monoisotopic (exact) mass is 1420 g/mol. The molecule has 4 rings (SSSR count). The molecule has 2 fully saturated rings. The zero-order chi connectivity index (χ0) is 74.6. The smallest absolute Gasteiger partial charge is 0.305 e. The van der Waals surface area contributed by atoms with E-state index in [1.165, 1.54) is 48.5 Å². The number of guanidine groups is 2. The number of nitrogens with zero attached hydrogens (tertiary/aromatic N) is 2. The standard InChI is InChI=1S/C62H91N19O20/c63-61(64)69-24-5-9-37-53(94)71-31-48(87)74-44(29-50(89)90)59(100)80-42(27-33-11-15-35(83)16-12-33)57(98)78-39(55(96)76-37)7-1-3-22-67-46(85)20-19-41(73-47(86)21-26-82)52(93)68-23-4-2-8-40-56(97)77-38(10-6-25-70-62(65)66)54(95)72-32-49(88)75-45(30-51(91)92)60(101)81-43(58(99)79-40)28-34-13-17-36(84)18-14-34/h11-18,37-45,82-84H,1-10,19-32H2,(H,67,85)(H,68,93)(H,71,94)(H,72,95)(H,73,86)(H,74,87)(H,75,88)(H,76,96)(H,77,97)(H,78,98)(H,79,99)(H,80,100)(H,81,101)(H,89,90)(H,91,92)(H4,63,64,69)(H4,65,66,70). The van der Waals surface area contributed by atoms with Gasteiger partial charge in [-0.15, -0.1) is 0 Å². The average molecular weight is 1420 g/mol. The number of nitrogens with two attached hydrogens (primary N) is 4. The molecule has 9 unspecified atom stereocenters. The molecule has 0 spiro atoms. The molecule has 26 N–H and O–H groups in total. The van der Waals surface area contributed by atoms with Crippen molar-refractivity contribution >= 4 is 101 Å². The van der Waals surface area contributed by atoms with Crippen LogP contribution in [0.4, 0.5) is 0 Å². The molecule has 2 heterocycles. The molecule has 13 amide bonds. The molecule has 9 atom stereocenters. The predicted octanol–water partition coefficient (Wildman–Crippen LogP) is -7.70. The largest absolute Gasteiger partial charge is 0.508 e. The molecule has 0 bridgehead atoms. The summed E-state index contributed by atoms with van der Waals surface area (Å²) in [6.45, 7) is -2.25. The van der Waals surface area contributed by atoms with E-state index in [-0.39, 0.29) is 139 Å². The molecule has 0 saturated carbocycles. The predicted molar refractivity (Wildman–Crippen MR) is 356 cm³/mol. The molecule has 2 saturated heterocycles. The number of hydrogen-bond acceptors (Lipinski definition) is 20. The van der Waals surface area contributed by atoms with Gasteiger partial charge in [0, 0.05) is 51.9 Å². The number of aliphatic imine (C=N–C) groups is 2. The third-order valence-electron chi connectivity index (χ3n) is 15.5. The number of benzene rings is 2. The lowest BCUT2D eigenvalue weighted by Crippen LogP contribution is -2.58. The molecular weight excluding hydrogens is 1330 g/mol. The molecule has 101 heavy (non-hydrogen) atoms. The first kappa shape index (κ1) is 82.0. The van der Waals surface area contributed by atoms with Crippen LogP contribution >= 0.6 is 0 Å². The quantitative estimate of drug-likeness (QED) is 0.0179. The van der Waals surface area contributed by atoms with Crippen molar-refractivity contribution in [1.82, 2.24) is 69.1 Å². The van der Waals surface area contributed by atoms with E-state index in [1.54, 1.807) is 0 Å². The number of rotatable bonds is 33. The number of nitrogens with one attached hydrogen (secondary N) is 13. The molecule has 2 aromatic rings. The minimum absolute atomic E-state index is 0.0132. The number of phenolic OH excluding ortho intramolecular Hbond substituents is 2. The summed E-state index contributed by atoms with van der Waals surface area (Å²) in [7, 11) is 0. The van der Waals surface area contributed by atoms with Crippen molar-refractivity contribution in [3.05, 3.63) is 59.7 Å². The van der Waals surface area contributed by atoms with E-state index in [4.69, 9.17) is 22.9 Å². The number of carbonyl (C=O) groups excluding carboxylic acids is 13. The number of carbonyl (C=O) groups is 15. The lowest BCUT2D eigenvalue weighted by molar-refractivity contribution is -0.141. The third-order valence-corrected chi connectivity index (χ3v) is 15.5. The Balaban J connectivity index is 1.48. The lowest BCUT2D eigenvalue weighted by Gasteiger charge is -2.26. The maximum Gasteiger partial charge on any atom is 0.305 e. The molecule has 0 radical (unpaired) electrons. The van der Waals surface area contributed by atoms with E-state index in [0.29, 0.717) is 11.1 Å². The highest BCUT2D eigenvalue weighted by molar-refractivity contribution is 6.00. The first-order valence-electron chi connectivity index (χ1n) is 32.5. The summed E-state index contributed by atoms with van der Waals surface area (Å²) in [6, 6.07) is -2.52. The number of hydrogen-bond donors (Lipinski definition) is 22. The lowest BCUT2D eigenvalue weighted by atomic mass is 10.0. The van der Waals surface area contributed by atoms with E-state index in [2.05, 4.69) is 79.1 Å². The molecule has 39 heteroatoms. The SMILES string of the molecule is NC(N)=NCCCC1NC(=O)C(CCCCNC(=O)CCC(NC(=O)CCO)C(=O)NCCCCC2NC(=O)C(Cc3ccc(O)cc3)NC(=O)C(CC(=O)O)NC(=O)CNC(=O)C(CCCN=C(N)N)NC2=O)NC(=O)C(Cc2ccc(O)cc2)NC(=O)C(CC(=O)O)NC(=O)CNC1=O. The topological polar surface area (TPSA) is 642 Å². The molecular formula is C62H91N19O20. The fourth-order valence-corrected chi connectivity index (χ4v) is 10.2. The molecule has 39 nitrogen and oxygen atoms in total. The van der Waals surface area contributed by atoms with Crippen molar-refractivity contribution in [3.63, 3.8) is 0 Å². The maximum atomic E-state index is 14.3. The van der Waals surface area contributed by atoms with Crippen LogP contribution in [0.5, 0.6) is 11.5 Å². The third kappa shape index (κ3) is 31.8. The highest BCUT2D eigenvalue weighted by atomic mass is 16.4. The highest BCUT2D eigenvalue weighted by Crippen LogP contribution is 2.16. The van der Waals surface area contributed by atoms with Gasteiger partial charge in [0.2, 0.25) is 76.8 Å². The van der Waals surface area contributed by atoms with Gasteiger partial charge in [-0.25, -0.2) is 0 Å². The van der Waals surface area contributed by atoms with E-state index in [0.717, 1.165) is 0 Å². The summed E-state index contributed by atoms with van der Waals surface area (Å²) < 4.78 is 0. The van der Waals surface area contributed by atoms with Crippen LogP contribution in [-0.4, -0.2) is 226 Å². The zero-order valence-corrected chi connectivity index (χ0v) is 55.3. The van der Waals surface area contributed by atoms with E-state index >= 15 is 0 Å². The summed E-state index contributed by atoms with van der Waals surface area (Å²) in [4.78, 5) is 209. The van der Waals surface area contributed by atoms with Crippen molar-refractivity contribution in [2.24, 2.45) is 32.9 Å². The first-order chi connectivity index (χ1) is 48.0.